The van der Waals surface area contributed by atoms with Gasteiger partial charge in [-0.3, -0.25) is 0 Å². The summed E-state index contributed by atoms with van der Waals surface area (Å²) in [4.78, 5) is 6.43. The maximum atomic E-state index is 11.3. The zero-order valence-corrected chi connectivity index (χ0v) is 13.1. The number of pyridine rings is 1. The van der Waals surface area contributed by atoms with Gasteiger partial charge in [0.15, 0.2) is 0 Å². The van der Waals surface area contributed by atoms with Gasteiger partial charge in [-0.25, -0.2) is 13.4 Å². The monoisotopic (exact) mass is 312 g/mol. The third-order valence-electron chi connectivity index (χ3n) is 3.08. The van der Waals surface area contributed by atoms with Crippen molar-refractivity contribution in [3.05, 3.63) is 35.9 Å². The lowest BCUT2D eigenvalue weighted by molar-refractivity contribution is 0.601. The van der Waals surface area contributed by atoms with E-state index in [0.29, 0.717) is 12.4 Å². The van der Waals surface area contributed by atoms with E-state index in [0.717, 1.165) is 22.3 Å². The standard InChI is InChI=1S/C14H17ClN2O2S/c1-17(7-8-20(2,18)19)14-12(10-15)9-11-5-3-4-6-13(11)16-14/h3-6,9H,7-8,10H2,1-2H3. The van der Waals surface area contributed by atoms with E-state index in [9.17, 15) is 8.42 Å². The van der Waals surface area contributed by atoms with E-state index in [-0.39, 0.29) is 5.75 Å². The second-order valence-electron chi connectivity index (χ2n) is 4.85. The molecule has 0 aliphatic carbocycles. The van der Waals surface area contributed by atoms with Gasteiger partial charge in [0, 0.05) is 30.8 Å². The minimum atomic E-state index is -2.99. The molecule has 0 aliphatic heterocycles. The molecular weight excluding hydrogens is 296 g/mol. The molecule has 20 heavy (non-hydrogen) atoms. The lowest BCUT2D eigenvalue weighted by Crippen LogP contribution is -2.26. The fraction of sp³-hybridized carbons (Fsp3) is 0.357. The first kappa shape index (κ1) is 15.1. The minimum absolute atomic E-state index is 0.0970. The highest BCUT2D eigenvalue weighted by Crippen LogP contribution is 2.24. The molecule has 2 rings (SSSR count). The Labute approximate surface area is 124 Å². The van der Waals surface area contributed by atoms with Gasteiger partial charge in [-0.05, 0) is 12.1 Å². The molecule has 4 nitrogen and oxygen atoms in total. The van der Waals surface area contributed by atoms with Crippen molar-refractivity contribution >= 4 is 38.2 Å². The van der Waals surface area contributed by atoms with Gasteiger partial charge in [0.05, 0.1) is 17.1 Å². The fourth-order valence-corrected chi connectivity index (χ4v) is 2.79. The molecule has 0 unspecified atom stereocenters. The smallest absolute Gasteiger partial charge is 0.149 e. The molecule has 108 valence electrons. The van der Waals surface area contributed by atoms with Crippen molar-refractivity contribution in [2.24, 2.45) is 0 Å². The average Bonchev–Trinajstić information content (AvgIpc) is 2.42. The lowest BCUT2D eigenvalue weighted by atomic mass is 10.1. The van der Waals surface area contributed by atoms with E-state index < -0.39 is 9.84 Å². The van der Waals surface area contributed by atoms with E-state index in [2.05, 4.69) is 4.98 Å². The van der Waals surface area contributed by atoms with Gasteiger partial charge >= 0.3 is 0 Å². The number of fused-ring (bicyclic) bond motifs is 1. The van der Waals surface area contributed by atoms with Crippen LogP contribution in [0.4, 0.5) is 5.82 Å². The van der Waals surface area contributed by atoms with E-state index >= 15 is 0 Å². The number of anilines is 1. The Hall–Kier alpha value is -1.33. The van der Waals surface area contributed by atoms with Gasteiger partial charge in [-0.1, -0.05) is 18.2 Å². The number of alkyl halides is 1. The van der Waals surface area contributed by atoms with E-state index in [1.54, 1.807) is 0 Å². The number of sulfone groups is 1. The number of hydrogen-bond donors (Lipinski definition) is 0. The summed E-state index contributed by atoms with van der Waals surface area (Å²) in [5.74, 6) is 1.18. The Balaban J connectivity index is 2.36. The first-order valence-corrected chi connectivity index (χ1v) is 8.84. The van der Waals surface area contributed by atoms with Gasteiger partial charge in [0.2, 0.25) is 0 Å². The molecule has 1 heterocycles. The predicted molar refractivity (Wildman–Crippen MR) is 84.3 cm³/mol. The number of benzene rings is 1. The minimum Gasteiger partial charge on any atom is -0.358 e. The normalized spacial score (nSPS) is 11.8. The first-order chi connectivity index (χ1) is 9.40. The fourth-order valence-electron chi connectivity index (χ4n) is 1.99. The van der Waals surface area contributed by atoms with Crippen LogP contribution in [0.25, 0.3) is 10.9 Å². The van der Waals surface area contributed by atoms with Crippen LogP contribution in [0.5, 0.6) is 0 Å². The highest BCUT2D eigenvalue weighted by molar-refractivity contribution is 7.90. The predicted octanol–water partition coefficient (Wildman–Crippen LogP) is 2.45. The number of nitrogens with zero attached hydrogens (tertiary/aromatic N) is 2. The molecule has 0 atom stereocenters. The summed E-state index contributed by atoms with van der Waals surface area (Å²) in [6.45, 7) is 0.397. The Morgan fingerprint density at radius 3 is 2.65 bits per heavy atom. The summed E-state index contributed by atoms with van der Waals surface area (Å²) in [5.41, 5.74) is 1.78. The Bertz CT molecular complexity index is 716. The summed E-state index contributed by atoms with van der Waals surface area (Å²) in [6.07, 6.45) is 1.23. The molecule has 0 aliphatic rings. The first-order valence-electron chi connectivity index (χ1n) is 6.24. The zero-order valence-electron chi connectivity index (χ0n) is 11.5. The number of aromatic nitrogens is 1. The Morgan fingerprint density at radius 2 is 2.00 bits per heavy atom. The van der Waals surface area contributed by atoms with Crippen LogP contribution in [-0.4, -0.2) is 39.0 Å². The topological polar surface area (TPSA) is 50.3 Å². The molecular formula is C14H17ClN2O2S. The summed E-state index contributed by atoms with van der Waals surface area (Å²) < 4.78 is 22.5. The molecule has 0 saturated carbocycles. The quantitative estimate of drug-likeness (QED) is 0.796. The van der Waals surface area contributed by atoms with Crippen LogP contribution < -0.4 is 4.90 Å². The second-order valence-corrected chi connectivity index (χ2v) is 7.38. The highest BCUT2D eigenvalue weighted by atomic mass is 35.5. The van der Waals surface area contributed by atoms with Crippen molar-refractivity contribution in [2.75, 3.05) is 30.5 Å². The van der Waals surface area contributed by atoms with Gasteiger partial charge in [0.25, 0.3) is 0 Å². The van der Waals surface area contributed by atoms with Gasteiger partial charge in [0.1, 0.15) is 15.7 Å². The van der Waals surface area contributed by atoms with Crippen molar-refractivity contribution in [3.63, 3.8) is 0 Å². The SMILES string of the molecule is CN(CCS(C)(=O)=O)c1nc2ccccc2cc1CCl. The molecule has 0 fully saturated rings. The molecule has 0 bridgehead atoms. The molecule has 2 aromatic rings. The van der Waals surface area contributed by atoms with Crippen molar-refractivity contribution < 1.29 is 8.42 Å². The van der Waals surface area contributed by atoms with Gasteiger partial charge in [-0.15, -0.1) is 11.6 Å². The maximum Gasteiger partial charge on any atom is 0.149 e. The number of halogens is 1. The van der Waals surface area contributed by atoms with Crippen LogP contribution in [0, 0.1) is 0 Å². The molecule has 0 N–H and O–H groups in total. The van der Waals surface area contributed by atoms with E-state index in [1.165, 1.54) is 6.26 Å². The number of para-hydroxylation sites is 1. The van der Waals surface area contributed by atoms with Gasteiger partial charge < -0.3 is 4.90 Å². The van der Waals surface area contributed by atoms with E-state index in [4.69, 9.17) is 11.6 Å². The summed E-state index contributed by atoms with van der Waals surface area (Å²) >= 11 is 5.98. The number of hydrogen-bond acceptors (Lipinski definition) is 4. The Morgan fingerprint density at radius 1 is 1.30 bits per heavy atom. The molecule has 1 aromatic heterocycles. The van der Waals surface area contributed by atoms with Gasteiger partial charge in [-0.2, -0.15) is 0 Å². The highest BCUT2D eigenvalue weighted by Gasteiger charge is 2.12. The Kier molecular flexibility index (Phi) is 4.50. The van der Waals surface area contributed by atoms with Crippen molar-refractivity contribution in [3.8, 4) is 0 Å². The molecule has 0 radical (unpaired) electrons. The van der Waals surface area contributed by atoms with Crippen molar-refractivity contribution in [1.29, 1.82) is 0 Å². The van der Waals surface area contributed by atoms with Crippen LogP contribution in [0.3, 0.4) is 0 Å². The summed E-state index contributed by atoms with van der Waals surface area (Å²) in [6, 6.07) is 9.80. The van der Waals surface area contributed by atoms with E-state index in [1.807, 2.05) is 42.3 Å². The number of rotatable bonds is 5. The third kappa shape index (κ3) is 3.61. The molecule has 0 saturated heterocycles. The second kappa shape index (κ2) is 5.97. The van der Waals surface area contributed by atoms with Crippen molar-refractivity contribution in [2.45, 2.75) is 5.88 Å². The molecule has 6 heteroatoms. The molecule has 0 amide bonds. The van der Waals surface area contributed by atoms with Crippen LogP contribution in [0.2, 0.25) is 0 Å². The van der Waals surface area contributed by atoms with Crippen LogP contribution >= 0.6 is 11.6 Å². The summed E-state index contributed by atoms with van der Waals surface area (Å²) in [5, 5.41) is 1.03. The van der Waals surface area contributed by atoms with Crippen molar-refractivity contribution in [1.82, 2.24) is 4.98 Å². The lowest BCUT2D eigenvalue weighted by Gasteiger charge is -2.20. The molecule has 1 aromatic carbocycles. The molecule has 0 spiro atoms. The average molecular weight is 313 g/mol. The zero-order chi connectivity index (χ0) is 14.8. The van der Waals surface area contributed by atoms with Crippen LogP contribution in [0.15, 0.2) is 30.3 Å². The van der Waals surface area contributed by atoms with Crippen LogP contribution in [0.1, 0.15) is 5.56 Å². The third-order valence-corrected chi connectivity index (χ3v) is 4.30. The maximum absolute atomic E-state index is 11.3. The van der Waals surface area contributed by atoms with Crippen LogP contribution in [-0.2, 0) is 15.7 Å². The largest absolute Gasteiger partial charge is 0.358 e. The summed E-state index contributed by atoms with van der Waals surface area (Å²) in [7, 11) is -1.16.